The first kappa shape index (κ1) is 14.8. The van der Waals surface area contributed by atoms with Crippen LogP contribution >= 0.6 is 0 Å². The molecule has 3 heteroatoms. The largest absolute Gasteiger partial charge is 0.323 e. The van der Waals surface area contributed by atoms with Gasteiger partial charge in [-0.15, -0.1) is 0 Å². The lowest BCUT2D eigenvalue weighted by atomic mass is 9.92. The standard InChI is InChI=1S/C16H30N2O/c1-6-13-7-8-15(11(13)4)18-12(5)17-14(16(18)19)9-10(2)3/h10-15,17H,6-9H2,1-5H3. The Morgan fingerprint density at radius 3 is 2.53 bits per heavy atom. The van der Waals surface area contributed by atoms with Crippen LogP contribution < -0.4 is 5.32 Å². The minimum absolute atomic E-state index is 0.0443. The minimum Gasteiger partial charge on any atom is -0.323 e. The van der Waals surface area contributed by atoms with Crippen LogP contribution in [-0.2, 0) is 4.79 Å². The van der Waals surface area contributed by atoms with Gasteiger partial charge in [-0.3, -0.25) is 10.1 Å². The van der Waals surface area contributed by atoms with E-state index in [1.807, 2.05) is 0 Å². The Morgan fingerprint density at radius 1 is 1.32 bits per heavy atom. The summed E-state index contributed by atoms with van der Waals surface area (Å²) in [4.78, 5) is 14.8. The molecule has 2 aliphatic rings. The van der Waals surface area contributed by atoms with E-state index in [4.69, 9.17) is 0 Å². The highest BCUT2D eigenvalue weighted by Gasteiger charge is 2.45. The van der Waals surface area contributed by atoms with Crippen LogP contribution in [0.1, 0.15) is 60.3 Å². The Balaban J connectivity index is 2.06. The van der Waals surface area contributed by atoms with Crippen molar-refractivity contribution in [1.29, 1.82) is 0 Å². The molecule has 0 aromatic carbocycles. The molecule has 110 valence electrons. The highest BCUT2D eigenvalue weighted by molar-refractivity contribution is 5.84. The first-order valence-corrected chi connectivity index (χ1v) is 8.03. The van der Waals surface area contributed by atoms with Gasteiger partial charge < -0.3 is 4.90 Å². The van der Waals surface area contributed by atoms with Gasteiger partial charge in [0.2, 0.25) is 5.91 Å². The van der Waals surface area contributed by atoms with Crippen LogP contribution in [0.2, 0.25) is 0 Å². The smallest absolute Gasteiger partial charge is 0.241 e. The molecule has 1 aliphatic carbocycles. The highest BCUT2D eigenvalue weighted by Crippen LogP contribution is 2.39. The molecule has 0 spiro atoms. The lowest BCUT2D eigenvalue weighted by Gasteiger charge is -2.32. The molecule has 0 radical (unpaired) electrons. The van der Waals surface area contributed by atoms with Crippen molar-refractivity contribution in [3.05, 3.63) is 0 Å². The summed E-state index contributed by atoms with van der Waals surface area (Å²) >= 11 is 0. The van der Waals surface area contributed by atoms with Crippen LogP contribution in [0.5, 0.6) is 0 Å². The van der Waals surface area contributed by atoms with Crippen LogP contribution in [0.3, 0.4) is 0 Å². The van der Waals surface area contributed by atoms with Crippen molar-refractivity contribution in [3.8, 4) is 0 Å². The maximum atomic E-state index is 12.6. The van der Waals surface area contributed by atoms with Crippen molar-refractivity contribution in [3.63, 3.8) is 0 Å². The maximum Gasteiger partial charge on any atom is 0.241 e. The number of nitrogens with zero attached hydrogens (tertiary/aromatic N) is 1. The molecule has 1 amide bonds. The van der Waals surface area contributed by atoms with Gasteiger partial charge in [0.05, 0.1) is 12.2 Å². The summed E-state index contributed by atoms with van der Waals surface area (Å²) in [6, 6.07) is 0.500. The van der Waals surface area contributed by atoms with Gasteiger partial charge in [0.1, 0.15) is 0 Å². The van der Waals surface area contributed by atoms with Gasteiger partial charge >= 0.3 is 0 Å². The third kappa shape index (κ3) is 2.81. The maximum absolute atomic E-state index is 12.6. The van der Waals surface area contributed by atoms with E-state index in [0.29, 0.717) is 23.8 Å². The quantitative estimate of drug-likeness (QED) is 0.848. The van der Waals surface area contributed by atoms with Crippen molar-refractivity contribution in [2.75, 3.05) is 0 Å². The first-order chi connectivity index (χ1) is 8.95. The number of rotatable bonds is 4. The number of nitrogens with one attached hydrogen (secondary N) is 1. The van der Waals surface area contributed by atoms with Crippen LogP contribution in [-0.4, -0.2) is 29.1 Å². The molecule has 2 fully saturated rings. The van der Waals surface area contributed by atoms with Crippen molar-refractivity contribution in [2.45, 2.75) is 78.6 Å². The summed E-state index contributed by atoms with van der Waals surface area (Å²) in [6.45, 7) is 11.1. The molecule has 1 heterocycles. The number of carbonyl (C=O) groups is 1. The van der Waals surface area contributed by atoms with Gasteiger partial charge in [-0.05, 0) is 43.9 Å². The van der Waals surface area contributed by atoms with Crippen LogP contribution in [0.15, 0.2) is 0 Å². The number of hydrogen-bond donors (Lipinski definition) is 1. The zero-order valence-electron chi connectivity index (χ0n) is 13.1. The summed E-state index contributed by atoms with van der Waals surface area (Å²) in [5, 5.41) is 3.49. The van der Waals surface area contributed by atoms with E-state index in [0.717, 1.165) is 12.3 Å². The van der Waals surface area contributed by atoms with Gasteiger partial charge in [0, 0.05) is 6.04 Å². The van der Waals surface area contributed by atoms with Gasteiger partial charge in [0.25, 0.3) is 0 Å². The van der Waals surface area contributed by atoms with E-state index in [9.17, 15) is 4.79 Å². The molecular formula is C16H30N2O. The van der Waals surface area contributed by atoms with Crippen molar-refractivity contribution in [1.82, 2.24) is 10.2 Å². The predicted molar refractivity (Wildman–Crippen MR) is 78.7 cm³/mol. The zero-order chi connectivity index (χ0) is 14.2. The molecule has 0 bridgehead atoms. The second-order valence-electron chi connectivity index (χ2n) is 6.94. The van der Waals surface area contributed by atoms with Crippen molar-refractivity contribution in [2.24, 2.45) is 17.8 Å². The molecule has 3 nitrogen and oxygen atoms in total. The Bertz CT molecular complexity index is 329. The summed E-state index contributed by atoms with van der Waals surface area (Å²) in [6.07, 6.45) is 4.88. The Kier molecular flexibility index (Phi) is 4.54. The van der Waals surface area contributed by atoms with Crippen molar-refractivity contribution >= 4 is 5.91 Å². The zero-order valence-corrected chi connectivity index (χ0v) is 13.1. The summed E-state index contributed by atoms with van der Waals surface area (Å²) < 4.78 is 0. The lowest BCUT2D eigenvalue weighted by molar-refractivity contribution is -0.133. The SMILES string of the molecule is CCC1CCC(N2C(=O)C(CC(C)C)NC2C)C1C. The van der Waals surface area contributed by atoms with Crippen LogP contribution in [0.4, 0.5) is 0 Å². The van der Waals surface area contributed by atoms with E-state index in [2.05, 4.69) is 44.8 Å². The summed E-state index contributed by atoms with van der Waals surface area (Å²) in [7, 11) is 0. The highest BCUT2D eigenvalue weighted by atomic mass is 16.2. The minimum atomic E-state index is 0.0443. The fourth-order valence-electron chi connectivity index (χ4n) is 4.10. The normalized spacial score (nSPS) is 39.6. The average Bonchev–Trinajstić information content (AvgIpc) is 2.81. The van der Waals surface area contributed by atoms with E-state index in [1.54, 1.807) is 0 Å². The molecular weight excluding hydrogens is 236 g/mol. The van der Waals surface area contributed by atoms with Crippen molar-refractivity contribution < 1.29 is 4.79 Å². The topological polar surface area (TPSA) is 32.3 Å². The molecule has 5 unspecified atom stereocenters. The van der Waals surface area contributed by atoms with Gasteiger partial charge in [-0.25, -0.2) is 0 Å². The molecule has 19 heavy (non-hydrogen) atoms. The molecule has 1 aliphatic heterocycles. The molecule has 0 aromatic rings. The third-order valence-electron chi connectivity index (χ3n) is 5.18. The van der Waals surface area contributed by atoms with Gasteiger partial charge in [-0.2, -0.15) is 0 Å². The molecule has 5 atom stereocenters. The van der Waals surface area contributed by atoms with E-state index >= 15 is 0 Å². The fourth-order valence-corrected chi connectivity index (χ4v) is 4.10. The Hall–Kier alpha value is -0.570. The number of carbonyl (C=O) groups excluding carboxylic acids is 1. The fraction of sp³-hybridized carbons (Fsp3) is 0.938. The van der Waals surface area contributed by atoms with E-state index in [-0.39, 0.29) is 12.2 Å². The number of amides is 1. The van der Waals surface area contributed by atoms with E-state index in [1.165, 1.54) is 19.3 Å². The molecule has 2 rings (SSSR count). The van der Waals surface area contributed by atoms with E-state index < -0.39 is 0 Å². The Morgan fingerprint density at radius 2 is 2.00 bits per heavy atom. The van der Waals surface area contributed by atoms with Crippen LogP contribution in [0, 0.1) is 17.8 Å². The van der Waals surface area contributed by atoms with Gasteiger partial charge in [-0.1, -0.05) is 34.1 Å². The van der Waals surface area contributed by atoms with Gasteiger partial charge in [0.15, 0.2) is 0 Å². The molecule has 1 N–H and O–H groups in total. The summed E-state index contributed by atoms with van der Waals surface area (Å²) in [5.41, 5.74) is 0. The molecule has 0 aromatic heterocycles. The Labute approximate surface area is 118 Å². The lowest BCUT2D eigenvalue weighted by Crippen LogP contribution is -2.45. The number of hydrogen-bond acceptors (Lipinski definition) is 2. The third-order valence-corrected chi connectivity index (χ3v) is 5.18. The van der Waals surface area contributed by atoms with Crippen LogP contribution in [0.25, 0.3) is 0 Å². The molecule has 1 saturated heterocycles. The molecule has 1 saturated carbocycles. The average molecular weight is 266 g/mol. The summed E-state index contributed by atoms with van der Waals surface area (Å²) in [5.74, 6) is 2.36. The second-order valence-corrected chi connectivity index (χ2v) is 6.94. The second kappa shape index (κ2) is 5.82. The monoisotopic (exact) mass is 266 g/mol. The first-order valence-electron chi connectivity index (χ1n) is 8.03. The predicted octanol–water partition coefficient (Wildman–Crippen LogP) is 3.00.